The number of rotatable bonds is 4. The number of alkyl halides is 3. The number of carbonyl (C=O) groups is 2. The van der Waals surface area contributed by atoms with Crippen LogP contribution in [0.3, 0.4) is 0 Å². The molecule has 1 unspecified atom stereocenters. The van der Waals surface area contributed by atoms with Gasteiger partial charge in [0.2, 0.25) is 0 Å². The summed E-state index contributed by atoms with van der Waals surface area (Å²) in [6.45, 7) is 0.312. The quantitative estimate of drug-likeness (QED) is 0.593. The Balaban J connectivity index is 1.73. The zero-order valence-electron chi connectivity index (χ0n) is 14.0. The molecule has 0 aliphatic carbocycles. The van der Waals surface area contributed by atoms with E-state index in [1.165, 1.54) is 47.4 Å². The molecule has 1 saturated heterocycles. The highest BCUT2D eigenvalue weighted by Gasteiger charge is 2.36. The van der Waals surface area contributed by atoms with Gasteiger partial charge in [-0.15, -0.1) is 13.2 Å². The van der Waals surface area contributed by atoms with Gasteiger partial charge in [-0.25, -0.2) is 4.39 Å². The Kier molecular flexibility index (Phi) is 5.16. The molecular formula is C19H15F4NO3. The van der Waals surface area contributed by atoms with E-state index >= 15 is 0 Å². The number of benzene rings is 2. The second kappa shape index (κ2) is 7.38. The van der Waals surface area contributed by atoms with Crippen LogP contribution in [-0.4, -0.2) is 36.0 Å². The van der Waals surface area contributed by atoms with Crippen molar-refractivity contribution in [3.8, 4) is 5.75 Å². The molecule has 1 aliphatic heterocycles. The average molecular weight is 381 g/mol. The SMILES string of the molecule is O=C(c1ccc(F)cc1)C1CCN(C(=O)c2ccccc2OC(F)(F)F)C1. The maximum atomic E-state index is 13.0. The summed E-state index contributed by atoms with van der Waals surface area (Å²) in [4.78, 5) is 26.4. The van der Waals surface area contributed by atoms with Gasteiger partial charge >= 0.3 is 6.36 Å². The van der Waals surface area contributed by atoms with Crippen molar-refractivity contribution < 1.29 is 31.9 Å². The fourth-order valence-electron chi connectivity index (χ4n) is 3.04. The number of hydrogen-bond donors (Lipinski definition) is 0. The Morgan fingerprint density at radius 1 is 1.04 bits per heavy atom. The number of likely N-dealkylation sites (tertiary alicyclic amines) is 1. The molecule has 1 aliphatic rings. The molecule has 0 spiro atoms. The van der Waals surface area contributed by atoms with E-state index in [4.69, 9.17) is 0 Å². The third kappa shape index (κ3) is 4.45. The first-order valence-corrected chi connectivity index (χ1v) is 8.18. The molecule has 2 aromatic rings. The lowest BCUT2D eigenvalue weighted by Crippen LogP contribution is -2.31. The Bertz CT molecular complexity index is 849. The van der Waals surface area contributed by atoms with Crippen LogP contribution < -0.4 is 4.74 Å². The monoisotopic (exact) mass is 381 g/mol. The predicted octanol–water partition coefficient (Wildman–Crippen LogP) is 4.07. The number of carbonyl (C=O) groups excluding carboxylic acids is 2. The molecule has 0 saturated carbocycles. The Hall–Kier alpha value is -2.90. The topological polar surface area (TPSA) is 46.6 Å². The largest absolute Gasteiger partial charge is 0.573 e. The van der Waals surface area contributed by atoms with Crippen LogP contribution in [0.25, 0.3) is 0 Å². The average Bonchev–Trinajstić information content (AvgIpc) is 3.10. The van der Waals surface area contributed by atoms with Crippen LogP contribution in [0.2, 0.25) is 0 Å². The van der Waals surface area contributed by atoms with Gasteiger partial charge in [-0.2, -0.15) is 0 Å². The summed E-state index contributed by atoms with van der Waals surface area (Å²) in [5.74, 6) is -2.40. The molecular weight excluding hydrogens is 366 g/mol. The molecule has 3 rings (SSSR count). The van der Waals surface area contributed by atoms with E-state index < -0.39 is 29.8 Å². The van der Waals surface area contributed by atoms with Gasteiger partial charge in [0.05, 0.1) is 5.56 Å². The van der Waals surface area contributed by atoms with Gasteiger partial charge in [0.1, 0.15) is 11.6 Å². The lowest BCUT2D eigenvalue weighted by atomic mass is 9.97. The summed E-state index contributed by atoms with van der Waals surface area (Å²) in [6, 6.07) is 10.2. The molecule has 142 valence electrons. The minimum Gasteiger partial charge on any atom is -0.405 e. The van der Waals surface area contributed by atoms with E-state index in [2.05, 4.69) is 4.74 Å². The van der Waals surface area contributed by atoms with Crippen molar-refractivity contribution in [2.75, 3.05) is 13.1 Å². The number of Topliss-reactive ketones (excluding diaryl/α,β-unsaturated/α-hetero) is 1. The summed E-state index contributed by atoms with van der Waals surface area (Å²) in [7, 11) is 0. The fraction of sp³-hybridized carbons (Fsp3) is 0.263. The minimum atomic E-state index is -4.91. The van der Waals surface area contributed by atoms with Crippen LogP contribution in [0.1, 0.15) is 27.1 Å². The first kappa shape index (κ1) is 18.9. The zero-order chi connectivity index (χ0) is 19.6. The first-order valence-electron chi connectivity index (χ1n) is 8.18. The highest BCUT2D eigenvalue weighted by molar-refractivity contribution is 6.00. The van der Waals surface area contributed by atoms with Gasteiger partial charge < -0.3 is 9.64 Å². The van der Waals surface area contributed by atoms with Crippen LogP contribution >= 0.6 is 0 Å². The third-order valence-corrected chi connectivity index (χ3v) is 4.32. The molecule has 2 aromatic carbocycles. The summed E-state index contributed by atoms with van der Waals surface area (Å²) in [6.07, 6.45) is -4.53. The van der Waals surface area contributed by atoms with E-state index in [1.807, 2.05) is 0 Å². The summed E-state index contributed by atoms with van der Waals surface area (Å²) >= 11 is 0. The second-order valence-electron chi connectivity index (χ2n) is 6.15. The van der Waals surface area contributed by atoms with Crippen molar-refractivity contribution >= 4 is 11.7 Å². The molecule has 1 amide bonds. The highest BCUT2D eigenvalue weighted by Crippen LogP contribution is 2.29. The fourth-order valence-corrected chi connectivity index (χ4v) is 3.04. The molecule has 8 heteroatoms. The number of ether oxygens (including phenoxy) is 1. The summed E-state index contributed by atoms with van der Waals surface area (Å²) < 4.78 is 54.5. The van der Waals surface area contributed by atoms with Crippen molar-refractivity contribution in [3.63, 3.8) is 0 Å². The van der Waals surface area contributed by atoms with Crippen molar-refractivity contribution in [2.24, 2.45) is 5.92 Å². The molecule has 4 nitrogen and oxygen atoms in total. The molecule has 0 bridgehead atoms. The lowest BCUT2D eigenvalue weighted by Gasteiger charge is -2.19. The molecule has 1 fully saturated rings. The Morgan fingerprint density at radius 3 is 2.37 bits per heavy atom. The number of amides is 1. The summed E-state index contributed by atoms with van der Waals surface area (Å²) in [5, 5.41) is 0. The number of para-hydroxylation sites is 1. The van der Waals surface area contributed by atoms with Crippen molar-refractivity contribution in [2.45, 2.75) is 12.8 Å². The van der Waals surface area contributed by atoms with Gasteiger partial charge in [-0.1, -0.05) is 12.1 Å². The van der Waals surface area contributed by atoms with Gasteiger partial charge in [0.15, 0.2) is 5.78 Å². The molecule has 1 heterocycles. The zero-order valence-corrected chi connectivity index (χ0v) is 14.0. The van der Waals surface area contributed by atoms with Gasteiger partial charge in [0, 0.05) is 24.6 Å². The van der Waals surface area contributed by atoms with E-state index in [9.17, 15) is 27.2 Å². The molecule has 1 atom stereocenters. The van der Waals surface area contributed by atoms with Crippen LogP contribution in [0.15, 0.2) is 48.5 Å². The number of hydrogen-bond acceptors (Lipinski definition) is 3. The maximum Gasteiger partial charge on any atom is 0.573 e. The van der Waals surface area contributed by atoms with E-state index in [1.54, 1.807) is 0 Å². The molecule has 0 radical (unpaired) electrons. The van der Waals surface area contributed by atoms with Gasteiger partial charge in [-0.05, 0) is 42.8 Å². The van der Waals surface area contributed by atoms with Crippen LogP contribution in [0, 0.1) is 11.7 Å². The molecule has 0 N–H and O–H groups in total. The number of halogens is 4. The third-order valence-electron chi connectivity index (χ3n) is 4.32. The predicted molar refractivity (Wildman–Crippen MR) is 87.9 cm³/mol. The van der Waals surface area contributed by atoms with Crippen molar-refractivity contribution in [1.82, 2.24) is 4.90 Å². The number of ketones is 1. The van der Waals surface area contributed by atoms with Gasteiger partial charge in [0.25, 0.3) is 5.91 Å². The van der Waals surface area contributed by atoms with Crippen LogP contribution in [0.4, 0.5) is 17.6 Å². The smallest absolute Gasteiger partial charge is 0.405 e. The summed E-state index contributed by atoms with van der Waals surface area (Å²) in [5.41, 5.74) is 0.112. The highest BCUT2D eigenvalue weighted by atomic mass is 19.4. The van der Waals surface area contributed by atoms with Gasteiger partial charge in [-0.3, -0.25) is 9.59 Å². The van der Waals surface area contributed by atoms with Crippen molar-refractivity contribution in [3.05, 3.63) is 65.5 Å². The Morgan fingerprint density at radius 2 is 1.70 bits per heavy atom. The second-order valence-corrected chi connectivity index (χ2v) is 6.15. The lowest BCUT2D eigenvalue weighted by molar-refractivity contribution is -0.274. The van der Waals surface area contributed by atoms with Crippen LogP contribution in [-0.2, 0) is 0 Å². The first-order chi connectivity index (χ1) is 12.7. The minimum absolute atomic E-state index is 0.0788. The van der Waals surface area contributed by atoms with Crippen molar-refractivity contribution in [1.29, 1.82) is 0 Å². The number of nitrogens with zero attached hydrogens (tertiary/aromatic N) is 1. The molecule has 27 heavy (non-hydrogen) atoms. The van der Waals surface area contributed by atoms with E-state index in [0.29, 0.717) is 12.0 Å². The van der Waals surface area contributed by atoms with E-state index in [-0.39, 0.29) is 24.4 Å². The standard InChI is InChI=1S/C19H15F4NO3/c20-14-7-5-12(6-8-14)17(25)13-9-10-24(11-13)18(26)15-3-1-2-4-16(15)27-19(21,22)23/h1-8,13H,9-11H2. The van der Waals surface area contributed by atoms with Crippen LogP contribution in [0.5, 0.6) is 5.75 Å². The maximum absolute atomic E-state index is 13.0. The van der Waals surface area contributed by atoms with E-state index in [0.717, 1.165) is 6.07 Å². The normalized spacial score (nSPS) is 17.0. The Labute approximate surface area is 152 Å². The molecule has 0 aromatic heterocycles.